The molecule has 0 unspecified atom stereocenters. The number of hydrogen-bond donors (Lipinski definition) is 2. The molecule has 1 aliphatic carbocycles. The van der Waals surface area contributed by atoms with E-state index in [1.807, 2.05) is 24.4 Å². The van der Waals surface area contributed by atoms with Gasteiger partial charge in [-0.2, -0.15) is 0 Å². The van der Waals surface area contributed by atoms with Crippen LogP contribution in [0.2, 0.25) is 0 Å². The van der Waals surface area contributed by atoms with Crippen molar-refractivity contribution in [1.82, 2.24) is 15.6 Å². The molecule has 1 aliphatic rings. The number of rotatable bonds is 8. The lowest BCUT2D eigenvalue weighted by Crippen LogP contribution is -2.39. The average molecular weight is 276 g/mol. The van der Waals surface area contributed by atoms with E-state index in [1.54, 1.807) is 7.05 Å². The van der Waals surface area contributed by atoms with Crippen LogP contribution in [0.15, 0.2) is 29.4 Å². The summed E-state index contributed by atoms with van der Waals surface area (Å²) in [5, 5.41) is 6.52. The predicted molar refractivity (Wildman–Crippen MR) is 80.8 cm³/mol. The Morgan fingerprint density at radius 3 is 2.90 bits per heavy atom. The highest BCUT2D eigenvalue weighted by atomic mass is 16.5. The Labute approximate surface area is 120 Å². The van der Waals surface area contributed by atoms with Gasteiger partial charge in [-0.15, -0.1) is 0 Å². The van der Waals surface area contributed by atoms with Crippen LogP contribution in [0.3, 0.4) is 0 Å². The van der Waals surface area contributed by atoms with Crippen LogP contribution < -0.4 is 10.6 Å². The van der Waals surface area contributed by atoms with E-state index in [2.05, 4.69) is 20.6 Å². The molecule has 1 aromatic rings. The predicted octanol–water partition coefficient (Wildman–Crippen LogP) is 1.22. The minimum atomic E-state index is 0.734. The number of aliphatic imine (C=N–C) groups is 1. The maximum Gasteiger partial charge on any atom is 0.191 e. The number of nitrogens with zero attached hydrogens (tertiary/aromatic N) is 2. The van der Waals surface area contributed by atoms with Crippen LogP contribution in [-0.2, 0) is 11.2 Å². The number of guanidine groups is 1. The molecule has 0 atom stereocenters. The average Bonchev–Trinajstić information content (AvgIpc) is 3.30. The number of pyridine rings is 1. The van der Waals surface area contributed by atoms with Crippen molar-refractivity contribution in [1.29, 1.82) is 0 Å². The van der Waals surface area contributed by atoms with Gasteiger partial charge in [-0.05, 0) is 30.9 Å². The zero-order valence-corrected chi connectivity index (χ0v) is 12.1. The smallest absolute Gasteiger partial charge is 0.191 e. The topological polar surface area (TPSA) is 58.5 Å². The lowest BCUT2D eigenvalue weighted by atomic mass is 10.3. The highest BCUT2D eigenvalue weighted by molar-refractivity contribution is 5.79. The number of nitrogens with one attached hydrogen (secondary N) is 2. The monoisotopic (exact) mass is 276 g/mol. The molecule has 0 aliphatic heterocycles. The molecule has 0 aromatic carbocycles. The summed E-state index contributed by atoms with van der Waals surface area (Å²) in [4.78, 5) is 8.47. The maximum absolute atomic E-state index is 5.57. The minimum absolute atomic E-state index is 0.734. The Kier molecular flexibility index (Phi) is 6.31. The second-order valence-corrected chi connectivity index (χ2v) is 5.02. The summed E-state index contributed by atoms with van der Waals surface area (Å²) < 4.78 is 5.57. The molecular formula is C15H24N4O. The number of hydrogen-bond acceptors (Lipinski definition) is 3. The lowest BCUT2D eigenvalue weighted by Gasteiger charge is -2.11. The van der Waals surface area contributed by atoms with Crippen LogP contribution in [0.25, 0.3) is 0 Å². The summed E-state index contributed by atoms with van der Waals surface area (Å²) in [7, 11) is 1.78. The van der Waals surface area contributed by atoms with Gasteiger partial charge in [0.1, 0.15) is 0 Å². The molecule has 0 radical (unpaired) electrons. The Bertz CT molecular complexity index is 404. The number of ether oxygens (including phenoxy) is 1. The molecule has 0 spiro atoms. The zero-order valence-electron chi connectivity index (χ0n) is 12.1. The summed E-state index contributed by atoms with van der Waals surface area (Å²) in [6.07, 6.45) is 5.38. The van der Waals surface area contributed by atoms with Gasteiger partial charge in [0.2, 0.25) is 0 Å². The molecule has 1 aromatic heterocycles. The molecule has 1 fully saturated rings. The van der Waals surface area contributed by atoms with Gasteiger partial charge in [0.15, 0.2) is 5.96 Å². The Balaban J connectivity index is 1.52. The van der Waals surface area contributed by atoms with Gasteiger partial charge in [0.05, 0.1) is 6.61 Å². The third-order valence-corrected chi connectivity index (χ3v) is 3.21. The zero-order chi connectivity index (χ0) is 14.0. The molecule has 2 rings (SSSR count). The van der Waals surface area contributed by atoms with Crippen molar-refractivity contribution in [3.8, 4) is 0 Å². The van der Waals surface area contributed by atoms with Crippen LogP contribution in [0.5, 0.6) is 0 Å². The fourth-order valence-electron chi connectivity index (χ4n) is 1.85. The molecule has 1 heterocycles. The summed E-state index contributed by atoms with van der Waals surface area (Å²) in [5.74, 6) is 1.64. The van der Waals surface area contributed by atoms with Crippen LogP contribution in [0.1, 0.15) is 18.5 Å². The molecule has 0 bridgehead atoms. The van der Waals surface area contributed by atoms with E-state index >= 15 is 0 Å². The van der Waals surface area contributed by atoms with Gasteiger partial charge < -0.3 is 15.4 Å². The van der Waals surface area contributed by atoms with Crippen molar-refractivity contribution in [3.05, 3.63) is 30.1 Å². The van der Waals surface area contributed by atoms with Gasteiger partial charge in [-0.1, -0.05) is 6.07 Å². The molecule has 5 heteroatoms. The van der Waals surface area contributed by atoms with Crippen molar-refractivity contribution < 1.29 is 4.74 Å². The van der Waals surface area contributed by atoms with Gasteiger partial charge in [-0.3, -0.25) is 9.98 Å². The van der Waals surface area contributed by atoms with E-state index in [4.69, 9.17) is 4.74 Å². The minimum Gasteiger partial charge on any atom is -0.379 e. The lowest BCUT2D eigenvalue weighted by molar-refractivity contribution is 0.129. The molecular weight excluding hydrogens is 252 g/mol. The van der Waals surface area contributed by atoms with Crippen LogP contribution in [0, 0.1) is 5.92 Å². The van der Waals surface area contributed by atoms with E-state index in [0.717, 1.165) is 50.3 Å². The quantitative estimate of drug-likeness (QED) is 0.426. The molecule has 20 heavy (non-hydrogen) atoms. The first kappa shape index (κ1) is 14.8. The maximum atomic E-state index is 5.57. The van der Waals surface area contributed by atoms with E-state index in [0.29, 0.717) is 0 Å². The molecule has 0 amide bonds. The van der Waals surface area contributed by atoms with E-state index in [1.165, 1.54) is 12.8 Å². The van der Waals surface area contributed by atoms with Gasteiger partial charge in [-0.25, -0.2) is 0 Å². The fraction of sp³-hybridized carbons (Fsp3) is 0.600. The van der Waals surface area contributed by atoms with Gasteiger partial charge in [0.25, 0.3) is 0 Å². The Hall–Kier alpha value is -1.62. The molecule has 110 valence electrons. The highest BCUT2D eigenvalue weighted by Gasteiger charge is 2.20. The number of aromatic nitrogens is 1. The van der Waals surface area contributed by atoms with E-state index in [-0.39, 0.29) is 0 Å². The SMILES string of the molecule is CN=C(NCCOCC1CC1)NCCc1ccccn1. The highest BCUT2D eigenvalue weighted by Crippen LogP contribution is 2.28. The van der Waals surface area contributed by atoms with Crippen molar-refractivity contribution in [2.24, 2.45) is 10.9 Å². The summed E-state index contributed by atoms with van der Waals surface area (Å²) >= 11 is 0. The van der Waals surface area contributed by atoms with Crippen molar-refractivity contribution in [2.45, 2.75) is 19.3 Å². The second-order valence-electron chi connectivity index (χ2n) is 5.02. The van der Waals surface area contributed by atoms with Crippen LogP contribution in [0.4, 0.5) is 0 Å². The molecule has 0 saturated heterocycles. The summed E-state index contributed by atoms with van der Waals surface area (Å²) in [6, 6.07) is 5.97. The Morgan fingerprint density at radius 1 is 1.35 bits per heavy atom. The molecule has 2 N–H and O–H groups in total. The van der Waals surface area contributed by atoms with Gasteiger partial charge >= 0.3 is 0 Å². The van der Waals surface area contributed by atoms with E-state index in [9.17, 15) is 0 Å². The van der Waals surface area contributed by atoms with Crippen LogP contribution >= 0.6 is 0 Å². The van der Waals surface area contributed by atoms with E-state index < -0.39 is 0 Å². The first-order valence-electron chi connectivity index (χ1n) is 7.30. The first-order chi connectivity index (χ1) is 9.88. The third kappa shape index (κ3) is 6.02. The Morgan fingerprint density at radius 2 is 2.20 bits per heavy atom. The normalized spacial score (nSPS) is 15.2. The third-order valence-electron chi connectivity index (χ3n) is 3.21. The van der Waals surface area contributed by atoms with Crippen molar-refractivity contribution >= 4 is 5.96 Å². The van der Waals surface area contributed by atoms with Gasteiger partial charge in [0, 0.05) is 45.1 Å². The summed E-state index contributed by atoms with van der Waals surface area (Å²) in [6.45, 7) is 3.25. The standard InChI is InChI=1S/C15H24N4O/c1-16-15(19-10-11-20-12-13-5-6-13)18-9-7-14-4-2-3-8-17-14/h2-4,8,13H,5-7,9-12H2,1H3,(H2,16,18,19). The fourth-order valence-corrected chi connectivity index (χ4v) is 1.85. The van der Waals surface area contributed by atoms with Crippen LogP contribution in [-0.4, -0.2) is 44.3 Å². The molecule has 1 saturated carbocycles. The van der Waals surface area contributed by atoms with Crippen molar-refractivity contribution in [3.63, 3.8) is 0 Å². The first-order valence-corrected chi connectivity index (χ1v) is 7.30. The largest absolute Gasteiger partial charge is 0.379 e. The van der Waals surface area contributed by atoms with Crippen molar-refractivity contribution in [2.75, 3.05) is 33.4 Å². The molecule has 5 nitrogen and oxygen atoms in total. The second kappa shape index (κ2) is 8.53. The summed E-state index contributed by atoms with van der Waals surface area (Å²) in [5.41, 5.74) is 1.09.